The van der Waals surface area contributed by atoms with Gasteiger partial charge in [0.1, 0.15) is 17.7 Å². The summed E-state index contributed by atoms with van der Waals surface area (Å²) in [5, 5.41) is 17.4. The van der Waals surface area contributed by atoms with Crippen molar-refractivity contribution >= 4 is 11.3 Å². The van der Waals surface area contributed by atoms with Crippen LogP contribution in [0.1, 0.15) is 5.56 Å². The maximum Gasteiger partial charge on any atom is 0.129 e. The molecule has 1 aliphatic heterocycles. The topological polar surface area (TPSA) is 50.8 Å². The van der Waals surface area contributed by atoms with E-state index < -0.39 is 0 Å². The Morgan fingerprint density at radius 1 is 1.22 bits per heavy atom. The summed E-state index contributed by atoms with van der Waals surface area (Å²) in [6.07, 6.45) is 7.26. The van der Waals surface area contributed by atoms with E-state index >= 15 is 0 Å². The van der Waals surface area contributed by atoms with Gasteiger partial charge in [-0.3, -0.25) is 0 Å². The predicted molar refractivity (Wildman–Crippen MR) is 71.3 cm³/mol. The number of allylic oxidation sites excluding steroid dienone is 5. The van der Waals surface area contributed by atoms with Crippen molar-refractivity contribution in [2.24, 2.45) is 0 Å². The molecule has 1 aliphatic rings. The zero-order valence-corrected chi connectivity index (χ0v) is 9.96. The van der Waals surface area contributed by atoms with E-state index in [1.54, 1.807) is 12.2 Å². The highest BCUT2D eigenvalue weighted by molar-refractivity contribution is 5.86. The van der Waals surface area contributed by atoms with Crippen molar-refractivity contribution in [2.45, 2.75) is 0 Å². The van der Waals surface area contributed by atoms with Crippen LogP contribution in [-0.2, 0) is 0 Å². The van der Waals surface area contributed by atoms with Crippen molar-refractivity contribution in [1.82, 2.24) is 0 Å². The molecule has 0 radical (unpaired) electrons. The van der Waals surface area contributed by atoms with E-state index in [-0.39, 0.29) is 5.57 Å². The van der Waals surface area contributed by atoms with Crippen LogP contribution in [0.15, 0.2) is 54.3 Å². The highest BCUT2D eigenvalue weighted by Gasteiger charge is 2.11. The molecule has 0 aromatic heterocycles. The van der Waals surface area contributed by atoms with Gasteiger partial charge in [-0.15, -0.1) is 0 Å². The Hall–Kier alpha value is -2.78. The summed E-state index contributed by atoms with van der Waals surface area (Å²) >= 11 is 0. The van der Waals surface area contributed by atoms with Crippen molar-refractivity contribution in [3.8, 4) is 12.1 Å². The largest absolute Gasteiger partial charge is 0.351 e. The van der Waals surface area contributed by atoms with Gasteiger partial charge in [0.15, 0.2) is 0 Å². The number of para-hydroxylation sites is 1. The zero-order chi connectivity index (χ0) is 13.0. The van der Waals surface area contributed by atoms with E-state index in [0.29, 0.717) is 0 Å². The fourth-order valence-electron chi connectivity index (χ4n) is 1.81. The number of nitriles is 2. The second kappa shape index (κ2) is 5.03. The maximum atomic E-state index is 8.70. The fourth-order valence-corrected chi connectivity index (χ4v) is 1.81. The minimum Gasteiger partial charge on any atom is -0.351 e. The lowest BCUT2D eigenvalue weighted by atomic mass is 9.99. The number of rotatable bonds is 1. The number of benzene rings is 1. The molecule has 2 rings (SSSR count). The molecule has 0 atom stereocenters. The molecule has 1 aromatic rings. The summed E-state index contributed by atoms with van der Waals surface area (Å²) in [6, 6.07) is 11.7. The third-order valence-corrected chi connectivity index (χ3v) is 2.74. The molecule has 1 heterocycles. The van der Waals surface area contributed by atoms with Crippen molar-refractivity contribution in [3.05, 3.63) is 59.8 Å². The maximum absolute atomic E-state index is 8.70. The summed E-state index contributed by atoms with van der Waals surface area (Å²) in [6.45, 7) is 0. The minimum atomic E-state index is 0.104. The number of anilines is 1. The van der Waals surface area contributed by atoms with Crippen LogP contribution >= 0.6 is 0 Å². The van der Waals surface area contributed by atoms with Gasteiger partial charge in [0.25, 0.3) is 0 Å². The smallest absolute Gasteiger partial charge is 0.129 e. The Kier molecular flexibility index (Phi) is 3.27. The van der Waals surface area contributed by atoms with Gasteiger partial charge in [-0.25, -0.2) is 0 Å². The Labute approximate surface area is 106 Å². The highest BCUT2D eigenvalue weighted by atomic mass is 15.1. The minimum absolute atomic E-state index is 0.104. The van der Waals surface area contributed by atoms with Crippen LogP contribution in [0, 0.1) is 22.7 Å². The first kappa shape index (κ1) is 11.7. The second-order valence-corrected chi connectivity index (χ2v) is 3.87. The van der Waals surface area contributed by atoms with Crippen LogP contribution in [0.2, 0.25) is 0 Å². The lowest BCUT2D eigenvalue weighted by Crippen LogP contribution is -2.13. The SMILES string of the molecule is CN1C=CC(=CC=C(C#N)C#N)c2ccccc21. The molecule has 0 saturated heterocycles. The van der Waals surface area contributed by atoms with Gasteiger partial charge in [0, 0.05) is 24.5 Å². The van der Waals surface area contributed by atoms with E-state index in [9.17, 15) is 0 Å². The van der Waals surface area contributed by atoms with Gasteiger partial charge >= 0.3 is 0 Å². The molecule has 18 heavy (non-hydrogen) atoms. The Morgan fingerprint density at radius 3 is 2.67 bits per heavy atom. The molecule has 0 N–H and O–H groups in total. The van der Waals surface area contributed by atoms with Crippen molar-refractivity contribution in [3.63, 3.8) is 0 Å². The van der Waals surface area contributed by atoms with Gasteiger partial charge < -0.3 is 4.90 Å². The molecule has 0 saturated carbocycles. The molecule has 3 nitrogen and oxygen atoms in total. The van der Waals surface area contributed by atoms with Crippen LogP contribution in [0.25, 0.3) is 5.57 Å². The van der Waals surface area contributed by atoms with E-state index in [1.807, 2.05) is 60.6 Å². The number of fused-ring (bicyclic) bond motifs is 1. The van der Waals surface area contributed by atoms with Crippen molar-refractivity contribution in [2.75, 3.05) is 11.9 Å². The third kappa shape index (κ3) is 2.16. The highest BCUT2D eigenvalue weighted by Crippen LogP contribution is 2.31. The normalized spacial score (nSPS) is 14.6. The molecule has 3 heteroatoms. The Bertz CT molecular complexity index is 620. The molecule has 0 unspecified atom stereocenters. The number of hydrogen-bond acceptors (Lipinski definition) is 3. The second-order valence-electron chi connectivity index (χ2n) is 3.87. The average Bonchev–Trinajstić information content (AvgIpc) is 2.42. The molecule has 86 valence electrons. The van der Waals surface area contributed by atoms with Gasteiger partial charge in [0.05, 0.1) is 0 Å². The van der Waals surface area contributed by atoms with Gasteiger partial charge in [-0.2, -0.15) is 10.5 Å². The van der Waals surface area contributed by atoms with Gasteiger partial charge in [-0.05, 0) is 23.8 Å². The van der Waals surface area contributed by atoms with Crippen molar-refractivity contribution in [1.29, 1.82) is 10.5 Å². The van der Waals surface area contributed by atoms with E-state index in [4.69, 9.17) is 10.5 Å². The molecule has 1 aromatic carbocycles. The number of hydrogen-bond donors (Lipinski definition) is 0. The first-order chi connectivity index (χ1) is 8.76. The first-order valence-electron chi connectivity index (χ1n) is 5.49. The van der Waals surface area contributed by atoms with Crippen LogP contribution in [0.4, 0.5) is 5.69 Å². The van der Waals surface area contributed by atoms with Crippen LogP contribution in [-0.4, -0.2) is 7.05 Å². The monoisotopic (exact) mass is 233 g/mol. The molecule has 0 amide bonds. The van der Waals surface area contributed by atoms with Crippen LogP contribution in [0.3, 0.4) is 0 Å². The standard InChI is InChI=1S/C15H11N3/c1-18-9-8-13(7-6-12(10-16)11-17)14-4-2-3-5-15(14)18/h2-9H,1H3. The summed E-state index contributed by atoms with van der Waals surface area (Å²) in [7, 11) is 1.98. The van der Waals surface area contributed by atoms with Gasteiger partial charge in [-0.1, -0.05) is 24.3 Å². The fraction of sp³-hybridized carbons (Fsp3) is 0.0667. The lowest BCUT2D eigenvalue weighted by Gasteiger charge is -2.23. The third-order valence-electron chi connectivity index (χ3n) is 2.74. The predicted octanol–water partition coefficient (Wildman–Crippen LogP) is 3.01. The van der Waals surface area contributed by atoms with Crippen molar-refractivity contribution < 1.29 is 0 Å². The van der Waals surface area contributed by atoms with Crippen LogP contribution < -0.4 is 4.90 Å². The van der Waals surface area contributed by atoms with Crippen LogP contribution in [0.5, 0.6) is 0 Å². The summed E-state index contributed by atoms with van der Waals surface area (Å²) in [5.41, 5.74) is 3.29. The van der Waals surface area contributed by atoms with Gasteiger partial charge in [0.2, 0.25) is 0 Å². The summed E-state index contributed by atoms with van der Waals surface area (Å²) in [5.74, 6) is 0. The lowest BCUT2D eigenvalue weighted by molar-refractivity contribution is 1.18. The molecule has 0 aliphatic carbocycles. The summed E-state index contributed by atoms with van der Waals surface area (Å²) < 4.78 is 0. The molecule has 0 spiro atoms. The molecule has 0 bridgehead atoms. The van der Waals surface area contributed by atoms with E-state index in [0.717, 1.165) is 16.8 Å². The average molecular weight is 233 g/mol. The van der Waals surface area contributed by atoms with E-state index in [2.05, 4.69) is 0 Å². The Balaban J connectivity index is 2.46. The molecular weight excluding hydrogens is 222 g/mol. The number of nitrogens with zero attached hydrogens (tertiary/aromatic N) is 3. The first-order valence-corrected chi connectivity index (χ1v) is 5.49. The quantitative estimate of drug-likeness (QED) is 0.700. The Morgan fingerprint density at radius 2 is 1.94 bits per heavy atom. The molecular formula is C15H11N3. The molecule has 0 fully saturated rings. The van der Waals surface area contributed by atoms with E-state index in [1.165, 1.54) is 0 Å². The zero-order valence-electron chi connectivity index (χ0n) is 9.96. The summed E-state index contributed by atoms with van der Waals surface area (Å²) in [4.78, 5) is 2.03.